The molecule has 0 aliphatic heterocycles. The molecule has 1 aromatic rings. The average molecular weight is 207 g/mol. The summed E-state index contributed by atoms with van der Waals surface area (Å²) in [6, 6.07) is 4.21. The minimum absolute atomic E-state index is 0.538. The highest BCUT2D eigenvalue weighted by Crippen LogP contribution is 2.24. The summed E-state index contributed by atoms with van der Waals surface area (Å²) in [4.78, 5) is 0. The zero-order valence-electron chi connectivity index (χ0n) is 10.1. The molecule has 0 aliphatic carbocycles. The van der Waals surface area contributed by atoms with E-state index in [9.17, 15) is 0 Å². The topological polar surface area (TPSA) is 35.2 Å². The van der Waals surface area contributed by atoms with Crippen molar-refractivity contribution in [2.24, 2.45) is 11.7 Å². The minimum Gasteiger partial charge on any atom is -0.493 e. The molecule has 0 unspecified atom stereocenters. The molecular weight excluding hydrogens is 186 g/mol. The number of hydrogen-bond donors (Lipinski definition) is 1. The Morgan fingerprint density at radius 2 is 1.93 bits per heavy atom. The lowest BCUT2D eigenvalue weighted by Crippen LogP contribution is -2.09. The predicted octanol–water partition coefficient (Wildman–Crippen LogP) is 2.80. The normalized spacial score (nSPS) is 10.8. The van der Waals surface area contributed by atoms with E-state index in [-0.39, 0.29) is 0 Å². The van der Waals surface area contributed by atoms with Gasteiger partial charge in [0.15, 0.2) is 0 Å². The fraction of sp³-hybridized carbons (Fsp3) is 0.538. The number of ether oxygens (including phenoxy) is 1. The zero-order chi connectivity index (χ0) is 11.4. The van der Waals surface area contributed by atoms with Gasteiger partial charge in [0.1, 0.15) is 5.75 Å². The molecule has 0 amide bonds. The highest BCUT2D eigenvalue weighted by atomic mass is 16.5. The van der Waals surface area contributed by atoms with Crippen LogP contribution in [-0.4, -0.2) is 6.61 Å². The average Bonchev–Trinajstić information content (AvgIpc) is 2.13. The third-order valence-corrected chi connectivity index (χ3v) is 2.35. The molecule has 0 saturated carbocycles. The van der Waals surface area contributed by atoms with Crippen molar-refractivity contribution in [1.82, 2.24) is 0 Å². The van der Waals surface area contributed by atoms with Crippen LogP contribution in [0.2, 0.25) is 0 Å². The minimum atomic E-state index is 0.538. The Morgan fingerprint density at radius 1 is 1.27 bits per heavy atom. The van der Waals surface area contributed by atoms with Crippen LogP contribution in [0.1, 0.15) is 30.5 Å². The Balaban J connectivity index is 2.93. The molecule has 0 bridgehead atoms. The molecule has 0 aromatic heterocycles. The Labute approximate surface area is 92.4 Å². The molecule has 0 saturated heterocycles. The maximum Gasteiger partial charge on any atom is 0.124 e. The number of aryl methyl sites for hydroxylation is 2. The van der Waals surface area contributed by atoms with Gasteiger partial charge in [-0.2, -0.15) is 0 Å². The molecule has 0 radical (unpaired) electrons. The van der Waals surface area contributed by atoms with E-state index in [1.807, 2.05) is 0 Å². The summed E-state index contributed by atoms with van der Waals surface area (Å²) in [5.41, 5.74) is 9.30. The molecule has 1 aromatic carbocycles. The number of rotatable bonds is 4. The van der Waals surface area contributed by atoms with E-state index in [0.29, 0.717) is 12.5 Å². The molecule has 2 N–H and O–H groups in total. The van der Waals surface area contributed by atoms with Gasteiger partial charge in [0.2, 0.25) is 0 Å². The van der Waals surface area contributed by atoms with E-state index in [1.54, 1.807) is 0 Å². The first kappa shape index (κ1) is 12.1. The van der Waals surface area contributed by atoms with E-state index < -0.39 is 0 Å². The Kier molecular flexibility index (Phi) is 4.15. The number of benzene rings is 1. The molecule has 0 heterocycles. The Morgan fingerprint density at radius 3 is 2.47 bits per heavy atom. The molecule has 2 heteroatoms. The summed E-state index contributed by atoms with van der Waals surface area (Å²) in [6.45, 7) is 9.73. The van der Waals surface area contributed by atoms with Gasteiger partial charge in [0, 0.05) is 12.1 Å². The lowest BCUT2D eigenvalue weighted by molar-refractivity contribution is 0.268. The summed E-state index contributed by atoms with van der Waals surface area (Å²) in [5, 5.41) is 0. The molecule has 15 heavy (non-hydrogen) atoms. The zero-order valence-corrected chi connectivity index (χ0v) is 10.1. The molecular formula is C13H21NO. The second-order valence-electron chi connectivity index (χ2n) is 4.47. The fourth-order valence-electron chi connectivity index (χ4n) is 1.61. The maximum absolute atomic E-state index is 5.77. The van der Waals surface area contributed by atoms with Crippen LogP contribution in [0.5, 0.6) is 5.75 Å². The van der Waals surface area contributed by atoms with Crippen molar-refractivity contribution < 1.29 is 4.74 Å². The van der Waals surface area contributed by atoms with Gasteiger partial charge in [-0.1, -0.05) is 19.9 Å². The van der Waals surface area contributed by atoms with Gasteiger partial charge in [-0.3, -0.25) is 0 Å². The smallest absolute Gasteiger partial charge is 0.124 e. The van der Waals surface area contributed by atoms with Gasteiger partial charge in [-0.15, -0.1) is 0 Å². The SMILES string of the molecule is Cc1cc(C)c(CN)c(OCC(C)C)c1. The van der Waals surface area contributed by atoms with Crippen LogP contribution in [0.25, 0.3) is 0 Å². The van der Waals surface area contributed by atoms with E-state index in [0.717, 1.165) is 17.9 Å². The summed E-state index contributed by atoms with van der Waals surface area (Å²) in [5.74, 6) is 1.49. The van der Waals surface area contributed by atoms with Gasteiger partial charge in [0.05, 0.1) is 6.61 Å². The number of nitrogens with two attached hydrogens (primary N) is 1. The Hall–Kier alpha value is -1.02. The van der Waals surface area contributed by atoms with E-state index in [1.165, 1.54) is 11.1 Å². The standard InChI is InChI=1S/C13H21NO/c1-9(2)8-15-13-6-10(3)5-11(4)12(13)7-14/h5-6,9H,7-8,14H2,1-4H3. The van der Waals surface area contributed by atoms with Gasteiger partial charge in [0.25, 0.3) is 0 Å². The van der Waals surface area contributed by atoms with Crippen molar-refractivity contribution in [3.8, 4) is 5.75 Å². The summed E-state index contributed by atoms with van der Waals surface area (Å²) in [7, 11) is 0. The van der Waals surface area contributed by atoms with Crippen LogP contribution < -0.4 is 10.5 Å². The highest BCUT2D eigenvalue weighted by Gasteiger charge is 2.07. The van der Waals surface area contributed by atoms with E-state index in [4.69, 9.17) is 10.5 Å². The van der Waals surface area contributed by atoms with Crippen LogP contribution >= 0.6 is 0 Å². The largest absolute Gasteiger partial charge is 0.493 e. The third kappa shape index (κ3) is 3.24. The van der Waals surface area contributed by atoms with Crippen LogP contribution in [0.3, 0.4) is 0 Å². The van der Waals surface area contributed by atoms with Crippen molar-refractivity contribution >= 4 is 0 Å². The lowest BCUT2D eigenvalue weighted by atomic mass is 10.0. The van der Waals surface area contributed by atoms with Crippen molar-refractivity contribution in [3.63, 3.8) is 0 Å². The van der Waals surface area contributed by atoms with Crippen molar-refractivity contribution in [3.05, 3.63) is 28.8 Å². The Bertz CT molecular complexity index is 332. The monoisotopic (exact) mass is 207 g/mol. The molecule has 0 spiro atoms. The van der Waals surface area contributed by atoms with E-state index in [2.05, 4.69) is 39.8 Å². The lowest BCUT2D eigenvalue weighted by Gasteiger charge is -2.15. The first-order chi connectivity index (χ1) is 7.04. The maximum atomic E-state index is 5.77. The second kappa shape index (κ2) is 5.17. The first-order valence-electron chi connectivity index (χ1n) is 5.47. The van der Waals surface area contributed by atoms with Crippen LogP contribution in [-0.2, 0) is 6.54 Å². The predicted molar refractivity (Wildman–Crippen MR) is 64.1 cm³/mol. The summed E-state index contributed by atoms with van der Waals surface area (Å²) in [6.07, 6.45) is 0. The highest BCUT2D eigenvalue weighted by molar-refractivity contribution is 5.42. The van der Waals surface area contributed by atoms with Crippen LogP contribution in [0.15, 0.2) is 12.1 Å². The quantitative estimate of drug-likeness (QED) is 0.824. The molecule has 84 valence electrons. The van der Waals surface area contributed by atoms with Crippen LogP contribution in [0.4, 0.5) is 0 Å². The molecule has 0 aliphatic rings. The molecule has 1 rings (SSSR count). The third-order valence-electron chi connectivity index (χ3n) is 2.35. The van der Waals surface area contributed by atoms with Gasteiger partial charge in [-0.25, -0.2) is 0 Å². The molecule has 0 atom stereocenters. The summed E-state index contributed by atoms with van der Waals surface area (Å²) >= 11 is 0. The first-order valence-corrected chi connectivity index (χ1v) is 5.47. The summed E-state index contributed by atoms with van der Waals surface area (Å²) < 4.78 is 5.77. The van der Waals surface area contributed by atoms with Crippen LogP contribution in [0, 0.1) is 19.8 Å². The fourth-order valence-corrected chi connectivity index (χ4v) is 1.61. The van der Waals surface area contributed by atoms with Gasteiger partial charge in [-0.05, 0) is 37.0 Å². The van der Waals surface area contributed by atoms with Gasteiger partial charge >= 0.3 is 0 Å². The van der Waals surface area contributed by atoms with E-state index >= 15 is 0 Å². The molecule has 2 nitrogen and oxygen atoms in total. The number of hydrogen-bond acceptors (Lipinski definition) is 2. The second-order valence-corrected chi connectivity index (χ2v) is 4.47. The van der Waals surface area contributed by atoms with Crippen molar-refractivity contribution in [2.45, 2.75) is 34.2 Å². The molecule has 0 fully saturated rings. The van der Waals surface area contributed by atoms with Crippen molar-refractivity contribution in [2.75, 3.05) is 6.61 Å². The van der Waals surface area contributed by atoms with Gasteiger partial charge < -0.3 is 10.5 Å². The van der Waals surface area contributed by atoms with Crippen molar-refractivity contribution in [1.29, 1.82) is 0 Å².